The van der Waals surface area contributed by atoms with Crippen LogP contribution in [-0.4, -0.2) is 27.8 Å². The summed E-state index contributed by atoms with van der Waals surface area (Å²) in [4.78, 5) is 4.11. The van der Waals surface area contributed by atoms with Gasteiger partial charge in [-0.15, -0.1) is 10.2 Å². The first-order chi connectivity index (χ1) is 9.69. The summed E-state index contributed by atoms with van der Waals surface area (Å²) in [5.74, 6) is 1.23. The lowest BCUT2D eigenvalue weighted by Crippen LogP contribution is -2.36. The summed E-state index contributed by atoms with van der Waals surface area (Å²) < 4.78 is 14.6. The summed E-state index contributed by atoms with van der Waals surface area (Å²) in [5, 5.41) is 14.1. The molecule has 106 valence electrons. The van der Waals surface area contributed by atoms with Crippen LogP contribution in [0.25, 0.3) is 0 Å². The molecule has 0 saturated carbocycles. The van der Waals surface area contributed by atoms with Gasteiger partial charge in [0, 0.05) is 20.6 Å². The van der Waals surface area contributed by atoms with Crippen LogP contribution < -0.4 is 10.6 Å². The van der Waals surface area contributed by atoms with E-state index < -0.39 is 0 Å². The Kier molecular flexibility index (Phi) is 4.65. The molecule has 2 aromatic rings. The lowest BCUT2D eigenvalue weighted by molar-refractivity contribution is 0.626. The molecule has 20 heavy (non-hydrogen) atoms. The Balaban J connectivity index is 1.84. The highest BCUT2D eigenvalue weighted by atomic mass is 19.1. The number of hydrogen-bond donors (Lipinski definition) is 2. The number of aryl methyl sites for hydroxylation is 1. The third-order valence-electron chi connectivity index (χ3n) is 2.82. The van der Waals surface area contributed by atoms with E-state index in [9.17, 15) is 4.39 Å². The molecule has 0 bridgehead atoms. The highest BCUT2D eigenvalue weighted by Crippen LogP contribution is 2.01. The number of aliphatic imine (C=N–C) groups is 1. The minimum atomic E-state index is -0.237. The van der Waals surface area contributed by atoms with Crippen molar-refractivity contribution in [1.29, 1.82) is 0 Å². The molecule has 1 aromatic carbocycles. The largest absolute Gasteiger partial charge is 0.352 e. The van der Waals surface area contributed by atoms with E-state index in [0.29, 0.717) is 19.0 Å². The second-order valence-electron chi connectivity index (χ2n) is 4.26. The maximum Gasteiger partial charge on any atom is 0.191 e. The second-order valence-corrected chi connectivity index (χ2v) is 4.26. The van der Waals surface area contributed by atoms with E-state index in [-0.39, 0.29) is 5.82 Å². The number of rotatable bonds is 4. The molecule has 0 amide bonds. The summed E-state index contributed by atoms with van der Waals surface area (Å²) in [7, 11) is 3.57. The van der Waals surface area contributed by atoms with Gasteiger partial charge in [-0.2, -0.15) is 0 Å². The molecule has 1 aromatic heterocycles. The van der Waals surface area contributed by atoms with Gasteiger partial charge in [-0.05, 0) is 17.7 Å². The first-order valence-corrected chi connectivity index (χ1v) is 6.21. The van der Waals surface area contributed by atoms with Crippen LogP contribution in [0.3, 0.4) is 0 Å². The van der Waals surface area contributed by atoms with Crippen LogP contribution in [0.2, 0.25) is 0 Å². The number of halogens is 1. The van der Waals surface area contributed by atoms with Gasteiger partial charge in [0.05, 0.1) is 6.54 Å². The van der Waals surface area contributed by atoms with E-state index in [1.54, 1.807) is 25.5 Å². The Morgan fingerprint density at radius 1 is 1.25 bits per heavy atom. The zero-order chi connectivity index (χ0) is 14.4. The van der Waals surface area contributed by atoms with Crippen LogP contribution in [0, 0.1) is 5.82 Å². The van der Waals surface area contributed by atoms with Gasteiger partial charge in [-0.3, -0.25) is 4.99 Å². The number of aromatic nitrogens is 3. The fraction of sp³-hybridized carbons (Fsp3) is 0.308. The molecular weight excluding hydrogens is 259 g/mol. The van der Waals surface area contributed by atoms with Gasteiger partial charge < -0.3 is 15.2 Å². The smallest absolute Gasteiger partial charge is 0.191 e. The second kappa shape index (κ2) is 6.65. The minimum absolute atomic E-state index is 0.237. The van der Waals surface area contributed by atoms with E-state index in [0.717, 1.165) is 11.4 Å². The molecule has 6 nitrogen and oxygen atoms in total. The van der Waals surface area contributed by atoms with Gasteiger partial charge >= 0.3 is 0 Å². The molecule has 0 atom stereocenters. The number of nitrogens with zero attached hydrogens (tertiary/aromatic N) is 4. The van der Waals surface area contributed by atoms with Gasteiger partial charge in [-0.1, -0.05) is 12.1 Å². The topological polar surface area (TPSA) is 67.1 Å². The summed E-state index contributed by atoms with van der Waals surface area (Å²) in [6.07, 6.45) is 1.64. The quantitative estimate of drug-likeness (QED) is 0.641. The Hall–Kier alpha value is -2.44. The maximum atomic E-state index is 12.8. The van der Waals surface area contributed by atoms with Gasteiger partial charge in [0.2, 0.25) is 0 Å². The van der Waals surface area contributed by atoms with Crippen molar-refractivity contribution in [3.63, 3.8) is 0 Å². The summed E-state index contributed by atoms with van der Waals surface area (Å²) >= 11 is 0. The molecule has 0 aliphatic heterocycles. The van der Waals surface area contributed by atoms with Crippen molar-refractivity contribution >= 4 is 5.96 Å². The highest BCUT2D eigenvalue weighted by Gasteiger charge is 2.03. The lowest BCUT2D eigenvalue weighted by Gasteiger charge is -2.11. The van der Waals surface area contributed by atoms with Gasteiger partial charge in [0.15, 0.2) is 11.8 Å². The Morgan fingerprint density at radius 3 is 2.55 bits per heavy atom. The van der Waals surface area contributed by atoms with Crippen LogP contribution in [0.15, 0.2) is 35.6 Å². The first-order valence-electron chi connectivity index (χ1n) is 6.21. The molecule has 1 heterocycles. The monoisotopic (exact) mass is 276 g/mol. The molecule has 0 radical (unpaired) electrons. The van der Waals surface area contributed by atoms with E-state index >= 15 is 0 Å². The van der Waals surface area contributed by atoms with Crippen LogP contribution >= 0.6 is 0 Å². The summed E-state index contributed by atoms with van der Waals surface area (Å²) in [6.45, 7) is 1.10. The summed E-state index contributed by atoms with van der Waals surface area (Å²) in [5.41, 5.74) is 0.980. The van der Waals surface area contributed by atoms with E-state index in [1.165, 1.54) is 12.1 Å². The molecule has 0 aliphatic rings. The third-order valence-corrected chi connectivity index (χ3v) is 2.82. The third kappa shape index (κ3) is 3.78. The van der Waals surface area contributed by atoms with Crippen LogP contribution in [0.5, 0.6) is 0 Å². The van der Waals surface area contributed by atoms with E-state index in [1.807, 2.05) is 11.6 Å². The number of benzene rings is 1. The standard InChI is InChI=1S/C13H17FN6/c1-15-13(17-8-12-19-18-9-20(12)2)16-7-10-3-5-11(14)6-4-10/h3-6,9H,7-8H2,1-2H3,(H2,15,16,17). The Bertz CT molecular complexity index is 575. The summed E-state index contributed by atoms with van der Waals surface area (Å²) in [6, 6.07) is 6.34. The number of nitrogens with one attached hydrogen (secondary N) is 2. The fourth-order valence-corrected chi connectivity index (χ4v) is 1.64. The van der Waals surface area contributed by atoms with E-state index in [2.05, 4.69) is 25.8 Å². The van der Waals surface area contributed by atoms with Gasteiger partial charge in [0.1, 0.15) is 12.1 Å². The fourth-order valence-electron chi connectivity index (χ4n) is 1.64. The molecule has 7 heteroatoms. The number of guanidine groups is 1. The predicted molar refractivity (Wildman–Crippen MR) is 74.4 cm³/mol. The Labute approximate surface area is 116 Å². The maximum absolute atomic E-state index is 12.8. The van der Waals surface area contributed by atoms with Crippen molar-refractivity contribution in [2.45, 2.75) is 13.1 Å². The van der Waals surface area contributed by atoms with Gasteiger partial charge in [0.25, 0.3) is 0 Å². The molecule has 2 rings (SSSR count). The van der Waals surface area contributed by atoms with Crippen molar-refractivity contribution in [3.8, 4) is 0 Å². The van der Waals surface area contributed by atoms with Crippen molar-refractivity contribution in [2.24, 2.45) is 12.0 Å². The highest BCUT2D eigenvalue weighted by molar-refractivity contribution is 5.79. The van der Waals surface area contributed by atoms with Crippen LogP contribution in [0.4, 0.5) is 4.39 Å². The molecular formula is C13H17FN6. The average Bonchev–Trinajstić information content (AvgIpc) is 2.86. The van der Waals surface area contributed by atoms with Crippen molar-refractivity contribution < 1.29 is 4.39 Å². The average molecular weight is 276 g/mol. The molecule has 0 fully saturated rings. The molecule has 0 aliphatic carbocycles. The molecule has 0 saturated heterocycles. The van der Waals surface area contributed by atoms with Crippen LogP contribution in [-0.2, 0) is 20.1 Å². The Morgan fingerprint density at radius 2 is 1.95 bits per heavy atom. The first kappa shape index (κ1) is 14.0. The number of hydrogen-bond acceptors (Lipinski definition) is 3. The zero-order valence-corrected chi connectivity index (χ0v) is 11.5. The zero-order valence-electron chi connectivity index (χ0n) is 11.5. The predicted octanol–water partition coefficient (Wildman–Crippen LogP) is 0.819. The molecule has 2 N–H and O–H groups in total. The normalized spacial score (nSPS) is 11.4. The van der Waals surface area contributed by atoms with Crippen LogP contribution in [0.1, 0.15) is 11.4 Å². The van der Waals surface area contributed by atoms with Crippen molar-refractivity contribution in [1.82, 2.24) is 25.4 Å². The SMILES string of the molecule is CN=C(NCc1ccc(F)cc1)NCc1nncn1C. The lowest BCUT2D eigenvalue weighted by atomic mass is 10.2. The minimum Gasteiger partial charge on any atom is -0.352 e. The van der Waals surface area contributed by atoms with Crippen molar-refractivity contribution in [3.05, 3.63) is 47.8 Å². The molecule has 0 unspecified atom stereocenters. The van der Waals surface area contributed by atoms with E-state index in [4.69, 9.17) is 0 Å². The van der Waals surface area contributed by atoms with Crippen molar-refractivity contribution in [2.75, 3.05) is 7.05 Å². The molecule has 0 spiro atoms. The van der Waals surface area contributed by atoms with Gasteiger partial charge in [-0.25, -0.2) is 4.39 Å².